The smallest absolute Gasteiger partial charge is 0.241 e. The monoisotopic (exact) mass is 229 g/mol. The van der Waals surface area contributed by atoms with Crippen LogP contribution in [0.3, 0.4) is 0 Å². The molecule has 1 aromatic carbocycles. The van der Waals surface area contributed by atoms with E-state index in [0.717, 1.165) is 13.0 Å². The minimum absolute atomic E-state index is 0.0577. The second kappa shape index (κ2) is 4.98. The van der Waals surface area contributed by atoms with Gasteiger partial charge in [-0.05, 0) is 31.0 Å². The van der Waals surface area contributed by atoms with Gasteiger partial charge in [0, 0.05) is 0 Å². The van der Waals surface area contributed by atoms with Crippen molar-refractivity contribution >= 4 is 11.6 Å². The van der Waals surface area contributed by atoms with Gasteiger partial charge in [0.1, 0.15) is 6.07 Å². The maximum absolute atomic E-state index is 12.0. The van der Waals surface area contributed by atoms with Gasteiger partial charge in [0.05, 0.1) is 17.3 Å². The Hall–Kier alpha value is -1.86. The molecule has 88 valence electrons. The summed E-state index contributed by atoms with van der Waals surface area (Å²) < 4.78 is 0. The van der Waals surface area contributed by atoms with Gasteiger partial charge in [0.15, 0.2) is 0 Å². The van der Waals surface area contributed by atoms with Crippen LogP contribution in [0.5, 0.6) is 0 Å². The van der Waals surface area contributed by atoms with Crippen molar-refractivity contribution in [3.8, 4) is 6.07 Å². The summed E-state index contributed by atoms with van der Waals surface area (Å²) in [5.41, 5.74) is 1.08. The number of benzene rings is 1. The van der Waals surface area contributed by atoms with Crippen LogP contribution in [0.2, 0.25) is 0 Å². The minimum Gasteiger partial charge on any atom is -0.324 e. The summed E-state index contributed by atoms with van der Waals surface area (Å²) in [5.74, 6) is 0.280. The molecule has 0 radical (unpaired) electrons. The van der Waals surface area contributed by atoms with Crippen LogP contribution in [0.15, 0.2) is 24.3 Å². The third-order valence-electron chi connectivity index (χ3n) is 3.12. The summed E-state index contributed by atoms with van der Waals surface area (Å²) >= 11 is 0. The molecule has 0 spiro atoms. The van der Waals surface area contributed by atoms with Gasteiger partial charge in [0.2, 0.25) is 5.91 Å². The first kappa shape index (κ1) is 11.6. The van der Waals surface area contributed by atoms with Crippen LogP contribution in [-0.2, 0) is 4.79 Å². The molecule has 1 fully saturated rings. The maximum atomic E-state index is 12.0. The first-order valence-corrected chi connectivity index (χ1v) is 5.75. The number of carbonyl (C=O) groups is 1. The fourth-order valence-corrected chi connectivity index (χ4v) is 2.09. The topological polar surface area (TPSA) is 64.9 Å². The number of nitrogens with zero attached hydrogens (tertiary/aromatic N) is 1. The zero-order valence-electron chi connectivity index (χ0n) is 9.73. The lowest BCUT2D eigenvalue weighted by molar-refractivity contribution is -0.118. The molecule has 2 N–H and O–H groups in total. The summed E-state index contributed by atoms with van der Waals surface area (Å²) in [4.78, 5) is 12.0. The summed E-state index contributed by atoms with van der Waals surface area (Å²) in [6.07, 6.45) is 1.01. The predicted octanol–water partition coefficient (Wildman–Crippen LogP) is 1.49. The normalized spacial score (nSPS) is 23.1. The number of para-hydroxylation sites is 1. The number of hydrogen-bond acceptors (Lipinski definition) is 3. The number of amides is 1. The fraction of sp³-hybridized carbons (Fsp3) is 0.385. The van der Waals surface area contributed by atoms with Crippen LogP contribution in [0.25, 0.3) is 0 Å². The molecular weight excluding hydrogens is 214 g/mol. The van der Waals surface area contributed by atoms with E-state index in [1.54, 1.807) is 18.2 Å². The standard InChI is InChI=1S/C13H15N3O/c1-9-6-7-15-12(9)13(17)16-11-5-3-2-4-10(11)8-14/h2-5,9,12,15H,6-7H2,1H3,(H,16,17). The molecule has 17 heavy (non-hydrogen) atoms. The number of rotatable bonds is 2. The van der Waals surface area contributed by atoms with Crippen molar-refractivity contribution in [3.63, 3.8) is 0 Å². The summed E-state index contributed by atoms with van der Waals surface area (Å²) in [5, 5.41) is 14.9. The molecule has 2 unspecified atom stereocenters. The highest BCUT2D eigenvalue weighted by atomic mass is 16.2. The second-order valence-electron chi connectivity index (χ2n) is 4.34. The highest BCUT2D eigenvalue weighted by Crippen LogP contribution is 2.18. The lowest BCUT2D eigenvalue weighted by Crippen LogP contribution is -2.39. The van der Waals surface area contributed by atoms with Crippen molar-refractivity contribution in [2.45, 2.75) is 19.4 Å². The van der Waals surface area contributed by atoms with Crippen molar-refractivity contribution in [1.82, 2.24) is 5.32 Å². The van der Waals surface area contributed by atoms with Gasteiger partial charge >= 0.3 is 0 Å². The number of carbonyl (C=O) groups excluding carboxylic acids is 1. The Morgan fingerprint density at radius 2 is 2.29 bits per heavy atom. The van der Waals surface area contributed by atoms with Gasteiger partial charge < -0.3 is 10.6 Å². The molecule has 0 aliphatic carbocycles. The maximum Gasteiger partial charge on any atom is 0.241 e. The molecule has 4 heteroatoms. The van der Waals surface area contributed by atoms with Gasteiger partial charge in [-0.3, -0.25) is 4.79 Å². The number of nitrogens with one attached hydrogen (secondary N) is 2. The lowest BCUT2D eigenvalue weighted by Gasteiger charge is -2.15. The fourth-order valence-electron chi connectivity index (χ4n) is 2.09. The molecule has 1 aliphatic heterocycles. The molecule has 1 heterocycles. The SMILES string of the molecule is CC1CCNC1C(=O)Nc1ccccc1C#N. The van der Waals surface area contributed by atoms with Crippen LogP contribution < -0.4 is 10.6 Å². The van der Waals surface area contributed by atoms with Crippen molar-refractivity contribution < 1.29 is 4.79 Å². The predicted molar refractivity (Wildman–Crippen MR) is 65.4 cm³/mol. The van der Waals surface area contributed by atoms with Gasteiger partial charge in [-0.15, -0.1) is 0 Å². The molecule has 0 saturated carbocycles. The van der Waals surface area contributed by atoms with Gasteiger partial charge in [-0.25, -0.2) is 0 Å². The first-order valence-electron chi connectivity index (χ1n) is 5.75. The van der Waals surface area contributed by atoms with Crippen molar-refractivity contribution in [1.29, 1.82) is 5.26 Å². The molecule has 2 rings (SSSR count). The van der Waals surface area contributed by atoms with Gasteiger partial charge in [-0.2, -0.15) is 5.26 Å². The van der Waals surface area contributed by atoms with E-state index in [9.17, 15) is 4.79 Å². The summed E-state index contributed by atoms with van der Waals surface area (Å²) in [7, 11) is 0. The Labute approximate surface area is 101 Å². The third kappa shape index (κ3) is 2.45. The Kier molecular flexibility index (Phi) is 3.40. The lowest BCUT2D eigenvalue weighted by atomic mass is 10.0. The average molecular weight is 229 g/mol. The van der Waals surface area contributed by atoms with Gasteiger partial charge in [-0.1, -0.05) is 19.1 Å². The molecule has 2 atom stereocenters. The van der Waals surface area contributed by atoms with E-state index in [1.807, 2.05) is 6.07 Å². The van der Waals surface area contributed by atoms with Crippen molar-refractivity contribution in [2.75, 3.05) is 11.9 Å². The number of anilines is 1. The van der Waals surface area contributed by atoms with Crippen LogP contribution in [0.1, 0.15) is 18.9 Å². The quantitative estimate of drug-likeness (QED) is 0.807. The average Bonchev–Trinajstić information content (AvgIpc) is 2.76. The van der Waals surface area contributed by atoms with Crippen LogP contribution in [0, 0.1) is 17.2 Å². The molecule has 0 aromatic heterocycles. The van der Waals surface area contributed by atoms with E-state index in [2.05, 4.69) is 23.6 Å². The van der Waals surface area contributed by atoms with Gasteiger partial charge in [0.25, 0.3) is 0 Å². The van der Waals surface area contributed by atoms with E-state index in [0.29, 0.717) is 17.2 Å². The van der Waals surface area contributed by atoms with Crippen molar-refractivity contribution in [3.05, 3.63) is 29.8 Å². The highest BCUT2D eigenvalue weighted by molar-refractivity contribution is 5.96. The van der Waals surface area contributed by atoms with Crippen LogP contribution in [0.4, 0.5) is 5.69 Å². The second-order valence-corrected chi connectivity index (χ2v) is 4.34. The molecular formula is C13H15N3O. The molecule has 1 amide bonds. The van der Waals surface area contributed by atoms with E-state index in [4.69, 9.17) is 5.26 Å². The molecule has 1 aliphatic rings. The Balaban J connectivity index is 2.11. The summed E-state index contributed by atoms with van der Waals surface area (Å²) in [6, 6.07) is 8.95. The van der Waals surface area contributed by atoms with Crippen LogP contribution in [-0.4, -0.2) is 18.5 Å². The minimum atomic E-state index is -0.151. The third-order valence-corrected chi connectivity index (χ3v) is 3.12. The Morgan fingerprint density at radius 1 is 1.53 bits per heavy atom. The van der Waals surface area contributed by atoms with E-state index in [-0.39, 0.29) is 11.9 Å². The Bertz CT molecular complexity index is 464. The molecule has 4 nitrogen and oxygen atoms in total. The number of nitriles is 1. The highest BCUT2D eigenvalue weighted by Gasteiger charge is 2.29. The zero-order chi connectivity index (χ0) is 12.3. The Morgan fingerprint density at radius 3 is 2.94 bits per heavy atom. The summed E-state index contributed by atoms with van der Waals surface area (Å²) in [6.45, 7) is 2.93. The van der Waals surface area contributed by atoms with E-state index >= 15 is 0 Å². The van der Waals surface area contributed by atoms with E-state index in [1.165, 1.54) is 0 Å². The zero-order valence-corrected chi connectivity index (χ0v) is 9.73. The molecule has 1 aromatic rings. The largest absolute Gasteiger partial charge is 0.324 e. The first-order chi connectivity index (χ1) is 8.22. The number of hydrogen-bond donors (Lipinski definition) is 2. The van der Waals surface area contributed by atoms with Crippen LogP contribution >= 0.6 is 0 Å². The van der Waals surface area contributed by atoms with E-state index < -0.39 is 0 Å². The van der Waals surface area contributed by atoms with Crippen molar-refractivity contribution in [2.24, 2.45) is 5.92 Å². The molecule has 1 saturated heterocycles. The molecule has 0 bridgehead atoms.